The normalized spacial score (nSPS) is 17.9. The first-order chi connectivity index (χ1) is 17.8. The molecule has 0 radical (unpaired) electrons. The lowest BCUT2D eigenvalue weighted by molar-refractivity contribution is -0.138. The third-order valence-electron chi connectivity index (χ3n) is 7.49. The summed E-state index contributed by atoms with van der Waals surface area (Å²) in [6.45, 7) is 5.52. The Kier molecular flexibility index (Phi) is 7.36. The minimum absolute atomic E-state index is 0.0754. The SMILES string of the molecule is Cn1cnc2c(C#N)nc(-c3ccc(OCCCN4CCC(N5CCCC5)CC4)c(C(F)(F)F)c3)cc21. The van der Waals surface area contributed by atoms with Crippen molar-refractivity contribution in [1.82, 2.24) is 24.3 Å². The number of fused-ring (bicyclic) bond motifs is 1. The molecule has 0 unspecified atom stereocenters. The van der Waals surface area contributed by atoms with Gasteiger partial charge >= 0.3 is 6.18 Å². The van der Waals surface area contributed by atoms with Crippen LogP contribution in [0.1, 0.15) is 43.4 Å². The Morgan fingerprint density at radius 2 is 1.86 bits per heavy atom. The standard InChI is InChI=1S/C27H31F3N6O/c1-34-18-32-26-23(17-31)33-22(16-24(26)34)19-5-6-25(21(15-19)27(28,29)30)37-14-4-9-35-12-7-20(8-13-35)36-10-2-3-11-36/h5-6,15-16,18,20H,2-4,7-14H2,1H3. The lowest BCUT2D eigenvalue weighted by Gasteiger charge is -2.36. The molecule has 2 aliphatic heterocycles. The number of hydrogen-bond donors (Lipinski definition) is 0. The molecule has 1 aromatic carbocycles. The van der Waals surface area contributed by atoms with Gasteiger partial charge in [-0.1, -0.05) is 0 Å². The summed E-state index contributed by atoms with van der Waals surface area (Å²) in [5.41, 5.74) is 0.820. The van der Waals surface area contributed by atoms with Gasteiger partial charge in [-0.3, -0.25) is 0 Å². The molecule has 196 valence electrons. The van der Waals surface area contributed by atoms with Crippen LogP contribution in [0.25, 0.3) is 22.3 Å². The van der Waals surface area contributed by atoms with E-state index in [9.17, 15) is 18.4 Å². The molecule has 2 saturated heterocycles. The minimum atomic E-state index is -4.59. The van der Waals surface area contributed by atoms with E-state index in [1.54, 1.807) is 30.1 Å². The Balaban J connectivity index is 1.23. The lowest BCUT2D eigenvalue weighted by Crippen LogP contribution is -2.44. The molecule has 2 fully saturated rings. The highest BCUT2D eigenvalue weighted by molar-refractivity contribution is 5.84. The van der Waals surface area contributed by atoms with Crippen LogP contribution in [-0.4, -0.2) is 69.7 Å². The molecule has 3 aromatic rings. The second kappa shape index (κ2) is 10.7. The van der Waals surface area contributed by atoms with Gasteiger partial charge < -0.3 is 19.1 Å². The number of rotatable bonds is 7. The monoisotopic (exact) mass is 512 g/mol. The van der Waals surface area contributed by atoms with E-state index in [0.29, 0.717) is 23.5 Å². The van der Waals surface area contributed by atoms with Crippen molar-refractivity contribution >= 4 is 11.0 Å². The van der Waals surface area contributed by atoms with E-state index >= 15 is 0 Å². The van der Waals surface area contributed by atoms with Gasteiger partial charge in [0.05, 0.1) is 29.7 Å². The predicted molar refractivity (Wildman–Crippen MR) is 134 cm³/mol. The first-order valence-corrected chi connectivity index (χ1v) is 12.9. The van der Waals surface area contributed by atoms with Gasteiger partial charge in [-0.05, 0) is 82.5 Å². The molecule has 10 heteroatoms. The lowest BCUT2D eigenvalue weighted by atomic mass is 10.0. The van der Waals surface area contributed by atoms with Crippen molar-refractivity contribution in [3.63, 3.8) is 0 Å². The summed E-state index contributed by atoms with van der Waals surface area (Å²) in [6.07, 6.45) is 2.55. The van der Waals surface area contributed by atoms with Crippen LogP contribution in [-0.2, 0) is 13.2 Å². The Labute approximate surface area is 214 Å². The van der Waals surface area contributed by atoms with Crippen molar-refractivity contribution < 1.29 is 17.9 Å². The molecule has 37 heavy (non-hydrogen) atoms. The van der Waals surface area contributed by atoms with Crippen LogP contribution in [0, 0.1) is 11.3 Å². The molecule has 7 nitrogen and oxygen atoms in total. The molecule has 0 N–H and O–H groups in total. The maximum absolute atomic E-state index is 13.9. The number of aromatic nitrogens is 3. The average molecular weight is 513 g/mol. The zero-order valence-corrected chi connectivity index (χ0v) is 21.0. The van der Waals surface area contributed by atoms with Crippen molar-refractivity contribution in [2.45, 2.75) is 44.3 Å². The number of ether oxygens (including phenoxy) is 1. The molecule has 0 saturated carbocycles. The van der Waals surface area contributed by atoms with Crippen molar-refractivity contribution in [2.75, 3.05) is 39.3 Å². The van der Waals surface area contributed by atoms with Gasteiger partial charge in [0.1, 0.15) is 17.3 Å². The number of benzene rings is 1. The summed E-state index contributed by atoms with van der Waals surface area (Å²) in [5, 5.41) is 9.45. The number of piperidine rings is 1. The van der Waals surface area contributed by atoms with E-state index in [0.717, 1.165) is 38.5 Å². The number of nitrogens with zero attached hydrogens (tertiary/aromatic N) is 6. The fourth-order valence-corrected chi connectivity index (χ4v) is 5.48. The number of likely N-dealkylation sites (tertiary alicyclic amines) is 2. The first kappa shape index (κ1) is 25.5. The van der Waals surface area contributed by atoms with Gasteiger partial charge in [-0.15, -0.1) is 0 Å². The Morgan fingerprint density at radius 1 is 1.11 bits per heavy atom. The average Bonchev–Trinajstić information content (AvgIpc) is 3.56. The van der Waals surface area contributed by atoms with Crippen molar-refractivity contribution in [2.24, 2.45) is 7.05 Å². The maximum Gasteiger partial charge on any atom is 0.419 e. The third kappa shape index (κ3) is 5.58. The number of nitriles is 1. The fourth-order valence-electron chi connectivity index (χ4n) is 5.48. The topological polar surface area (TPSA) is 70.2 Å². The van der Waals surface area contributed by atoms with Gasteiger partial charge in [0, 0.05) is 25.2 Å². The molecule has 0 spiro atoms. The summed E-state index contributed by atoms with van der Waals surface area (Å²) < 4.78 is 49.2. The minimum Gasteiger partial charge on any atom is -0.493 e. The number of aryl methyl sites for hydroxylation is 1. The second-order valence-electron chi connectivity index (χ2n) is 9.92. The van der Waals surface area contributed by atoms with Gasteiger partial charge in [0.25, 0.3) is 0 Å². The number of alkyl halides is 3. The second-order valence-corrected chi connectivity index (χ2v) is 9.92. The van der Waals surface area contributed by atoms with E-state index in [2.05, 4.69) is 19.8 Å². The van der Waals surface area contributed by atoms with Crippen LogP contribution in [0.15, 0.2) is 30.6 Å². The highest BCUT2D eigenvalue weighted by atomic mass is 19.4. The smallest absolute Gasteiger partial charge is 0.419 e. The molecule has 4 heterocycles. The molecule has 0 atom stereocenters. The van der Waals surface area contributed by atoms with Crippen LogP contribution in [0.2, 0.25) is 0 Å². The van der Waals surface area contributed by atoms with Gasteiger partial charge in [-0.2, -0.15) is 18.4 Å². The van der Waals surface area contributed by atoms with Crippen LogP contribution in [0.4, 0.5) is 13.2 Å². The summed E-state index contributed by atoms with van der Waals surface area (Å²) in [5.74, 6) is -0.189. The number of halogens is 3. The molecule has 2 aliphatic rings. The third-order valence-corrected chi connectivity index (χ3v) is 7.49. The van der Waals surface area contributed by atoms with E-state index in [1.807, 2.05) is 6.07 Å². The first-order valence-electron chi connectivity index (χ1n) is 12.9. The maximum atomic E-state index is 13.9. The number of imidazole rings is 1. The molecular formula is C27H31F3N6O. The van der Waals surface area contributed by atoms with Crippen LogP contribution >= 0.6 is 0 Å². The van der Waals surface area contributed by atoms with Crippen molar-refractivity contribution in [3.05, 3.63) is 41.9 Å². The molecule has 0 bridgehead atoms. The van der Waals surface area contributed by atoms with Crippen molar-refractivity contribution in [3.8, 4) is 23.1 Å². The summed E-state index contributed by atoms with van der Waals surface area (Å²) in [7, 11) is 1.76. The summed E-state index contributed by atoms with van der Waals surface area (Å²) >= 11 is 0. The molecule has 2 aromatic heterocycles. The highest BCUT2D eigenvalue weighted by Crippen LogP contribution is 2.39. The van der Waals surface area contributed by atoms with Crippen molar-refractivity contribution in [1.29, 1.82) is 5.26 Å². The molecule has 0 amide bonds. The largest absolute Gasteiger partial charge is 0.493 e. The predicted octanol–water partition coefficient (Wildman–Crippen LogP) is 4.85. The summed E-state index contributed by atoms with van der Waals surface area (Å²) in [6, 6.07) is 8.26. The molecular weight excluding hydrogens is 481 g/mol. The van der Waals surface area contributed by atoms with Crippen LogP contribution < -0.4 is 4.74 Å². The molecule has 0 aliphatic carbocycles. The van der Waals surface area contributed by atoms with Gasteiger partial charge in [0.15, 0.2) is 5.69 Å². The van der Waals surface area contributed by atoms with E-state index in [1.165, 1.54) is 32.0 Å². The van der Waals surface area contributed by atoms with E-state index < -0.39 is 11.7 Å². The Hall–Kier alpha value is -3.16. The zero-order chi connectivity index (χ0) is 26.0. The number of pyridine rings is 1. The van der Waals surface area contributed by atoms with Gasteiger partial charge in [-0.25, -0.2) is 9.97 Å². The van der Waals surface area contributed by atoms with E-state index in [4.69, 9.17) is 4.74 Å². The van der Waals surface area contributed by atoms with E-state index in [-0.39, 0.29) is 29.3 Å². The Bertz CT molecular complexity index is 1280. The van der Waals surface area contributed by atoms with Crippen LogP contribution in [0.5, 0.6) is 5.75 Å². The Morgan fingerprint density at radius 3 is 2.57 bits per heavy atom. The summed E-state index contributed by atoms with van der Waals surface area (Å²) in [4.78, 5) is 13.4. The highest BCUT2D eigenvalue weighted by Gasteiger charge is 2.35. The van der Waals surface area contributed by atoms with Crippen LogP contribution in [0.3, 0.4) is 0 Å². The number of hydrogen-bond acceptors (Lipinski definition) is 6. The van der Waals surface area contributed by atoms with Gasteiger partial charge in [0.2, 0.25) is 0 Å². The quantitative estimate of drug-likeness (QED) is 0.422. The fraction of sp³-hybridized carbons (Fsp3) is 0.519. The zero-order valence-electron chi connectivity index (χ0n) is 21.0. The molecule has 5 rings (SSSR count).